The quantitative estimate of drug-likeness (QED) is 0.171. The van der Waals surface area contributed by atoms with Crippen LogP contribution in [0.5, 0.6) is 0 Å². The van der Waals surface area contributed by atoms with Gasteiger partial charge in [0.1, 0.15) is 0 Å². The second kappa shape index (κ2) is 11.9. The Morgan fingerprint density at radius 2 is 1.16 bits per heavy atom. The van der Waals surface area contributed by atoms with Crippen LogP contribution in [0.3, 0.4) is 0 Å². The first kappa shape index (κ1) is 32.5. The van der Waals surface area contributed by atoms with Crippen LogP contribution in [0.4, 0.5) is 17.1 Å². The summed E-state index contributed by atoms with van der Waals surface area (Å²) in [5.74, 6) is 0. The minimum Gasteiger partial charge on any atom is -0.309 e. The molecule has 1 atom stereocenters. The lowest BCUT2D eigenvalue weighted by atomic mass is 9.62. The Morgan fingerprint density at radius 1 is 0.491 bits per heavy atom. The average Bonchev–Trinajstić information content (AvgIpc) is 3.70. The molecule has 0 saturated carbocycles. The number of hydrogen-bond donors (Lipinski definition) is 0. The van der Waals surface area contributed by atoms with E-state index < -0.39 is 5.41 Å². The lowest BCUT2D eigenvalue weighted by Crippen LogP contribution is -2.31. The van der Waals surface area contributed by atoms with Crippen LogP contribution in [0.25, 0.3) is 49.7 Å². The SMILES string of the molecule is CC1(C)C2=C(CCC=C2)c2ccc(N(c3ccccc3-c3ccccc3)c3ccc4c5c(cccc35)C3(c5ccccc5)c5ccccc5-c5cccc-4c53)cc21. The minimum atomic E-state index is -0.447. The Labute approximate surface area is 334 Å². The molecule has 0 radical (unpaired) electrons. The summed E-state index contributed by atoms with van der Waals surface area (Å²) in [6, 6.07) is 66.3. The minimum absolute atomic E-state index is 0.0819. The van der Waals surface area contributed by atoms with Gasteiger partial charge in [-0.2, -0.15) is 0 Å². The number of rotatable bonds is 5. The van der Waals surface area contributed by atoms with Crippen LogP contribution in [0.1, 0.15) is 60.1 Å². The Balaban J connectivity index is 1.18. The summed E-state index contributed by atoms with van der Waals surface area (Å²) in [4.78, 5) is 2.55. The van der Waals surface area contributed by atoms with E-state index in [0.29, 0.717) is 0 Å². The van der Waals surface area contributed by atoms with E-state index in [-0.39, 0.29) is 5.41 Å². The molecular weight excluding hydrogens is 687 g/mol. The molecule has 0 fully saturated rings. The first-order chi connectivity index (χ1) is 28.1. The van der Waals surface area contributed by atoms with E-state index in [0.717, 1.165) is 12.8 Å². The van der Waals surface area contributed by atoms with Gasteiger partial charge in [-0.05, 0) is 115 Å². The highest BCUT2D eigenvalue weighted by molar-refractivity contribution is 6.14. The molecule has 1 heteroatoms. The van der Waals surface area contributed by atoms with Crippen molar-refractivity contribution in [3.63, 3.8) is 0 Å². The third-order valence-electron chi connectivity index (χ3n) is 13.6. The molecule has 0 aromatic heterocycles. The van der Waals surface area contributed by atoms with Crippen molar-refractivity contribution in [3.8, 4) is 33.4 Å². The van der Waals surface area contributed by atoms with Crippen molar-refractivity contribution >= 4 is 33.4 Å². The van der Waals surface area contributed by atoms with Crippen molar-refractivity contribution in [1.29, 1.82) is 0 Å². The first-order valence-corrected chi connectivity index (χ1v) is 20.4. The van der Waals surface area contributed by atoms with E-state index in [4.69, 9.17) is 0 Å². The second-order valence-electron chi connectivity index (χ2n) is 16.7. The zero-order valence-corrected chi connectivity index (χ0v) is 32.3. The third kappa shape index (κ3) is 4.29. The monoisotopic (exact) mass is 727 g/mol. The van der Waals surface area contributed by atoms with Gasteiger partial charge < -0.3 is 4.90 Å². The summed E-state index contributed by atoms with van der Waals surface area (Å²) in [6.07, 6.45) is 6.96. The van der Waals surface area contributed by atoms with Gasteiger partial charge in [0.25, 0.3) is 0 Å². The van der Waals surface area contributed by atoms with Crippen molar-refractivity contribution in [3.05, 3.63) is 227 Å². The average molecular weight is 728 g/mol. The molecule has 0 N–H and O–H groups in total. The molecule has 0 spiro atoms. The van der Waals surface area contributed by atoms with Crippen molar-refractivity contribution in [1.82, 2.24) is 0 Å². The standard InChI is InChI=1S/C56H41N/c1-55(2)47-27-12-9-22-40(47)42-32-31-38(35-50(42)55)57(51-30-14-11-21-39(51)36-17-5-3-6-18-36)52-34-33-43-45-25-15-24-44-41-23-10-13-28-48(41)56(54(44)45,37-19-7-4-8-20-37)49-29-16-26-46(52)53(43)49/h3-8,10-21,23-35H,9,22H2,1-2H3. The van der Waals surface area contributed by atoms with Gasteiger partial charge in [0.05, 0.1) is 16.8 Å². The largest absolute Gasteiger partial charge is 0.309 e. The van der Waals surface area contributed by atoms with Crippen molar-refractivity contribution < 1.29 is 0 Å². The smallest absolute Gasteiger partial charge is 0.0725 e. The van der Waals surface area contributed by atoms with E-state index in [2.05, 4.69) is 207 Å². The predicted molar refractivity (Wildman–Crippen MR) is 239 cm³/mol. The Bertz CT molecular complexity index is 3040. The van der Waals surface area contributed by atoms with E-state index in [9.17, 15) is 0 Å². The summed E-state index contributed by atoms with van der Waals surface area (Å²) in [6.45, 7) is 4.82. The lowest BCUT2D eigenvalue weighted by Gasteiger charge is -2.40. The molecule has 12 rings (SSSR count). The van der Waals surface area contributed by atoms with Crippen LogP contribution in [0.2, 0.25) is 0 Å². The number of benzene rings is 8. The molecule has 57 heavy (non-hydrogen) atoms. The maximum atomic E-state index is 2.55. The van der Waals surface area contributed by atoms with Gasteiger partial charge in [-0.25, -0.2) is 0 Å². The highest BCUT2D eigenvalue weighted by Gasteiger charge is 2.50. The molecule has 4 aliphatic rings. The van der Waals surface area contributed by atoms with Crippen LogP contribution in [-0.2, 0) is 10.8 Å². The predicted octanol–water partition coefficient (Wildman–Crippen LogP) is 14.7. The number of para-hydroxylation sites is 1. The molecule has 0 heterocycles. The van der Waals surface area contributed by atoms with Crippen molar-refractivity contribution in [2.24, 2.45) is 0 Å². The van der Waals surface area contributed by atoms with Crippen LogP contribution in [0, 0.1) is 0 Å². The molecule has 0 aliphatic heterocycles. The molecule has 4 aliphatic carbocycles. The van der Waals surface area contributed by atoms with Gasteiger partial charge in [0, 0.05) is 22.1 Å². The number of hydrogen-bond acceptors (Lipinski definition) is 1. The molecule has 0 amide bonds. The van der Waals surface area contributed by atoms with Crippen LogP contribution in [-0.4, -0.2) is 0 Å². The topological polar surface area (TPSA) is 3.24 Å². The van der Waals surface area contributed by atoms with Gasteiger partial charge in [0.15, 0.2) is 0 Å². The van der Waals surface area contributed by atoms with Crippen LogP contribution >= 0.6 is 0 Å². The fourth-order valence-corrected chi connectivity index (χ4v) is 11.2. The maximum Gasteiger partial charge on any atom is 0.0725 e. The molecule has 1 unspecified atom stereocenters. The van der Waals surface area contributed by atoms with Gasteiger partial charge in [-0.3, -0.25) is 0 Å². The fraction of sp³-hybridized carbons (Fsp3) is 0.107. The van der Waals surface area contributed by atoms with Crippen molar-refractivity contribution in [2.75, 3.05) is 4.90 Å². The van der Waals surface area contributed by atoms with Crippen LogP contribution in [0.15, 0.2) is 194 Å². The van der Waals surface area contributed by atoms with Gasteiger partial charge >= 0.3 is 0 Å². The Hall–Kier alpha value is -6.70. The Morgan fingerprint density at radius 3 is 2.00 bits per heavy atom. The summed E-state index contributed by atoms with van der Waals surface area (Å²) in [7, 11) is 0. The summed E-state index contributed by atoms with van der Waals surface area (Å²) >= 11 is 0. The number of allylic oxidation sites excluding steroid dienone is 4. The van der Waals surface area contributed by atoms with E-state index >= 15 is 0 Å². The van der Waals surface area contributed by atoms with Gasteiger partial charge in [0.2, 0.25) is 0 Å². The Kier molecular flexibility index (Phi) is 6.79. The summed E-state index contributed by atoms with van der Waals surface area (Å²) in [5.41, 5.74) is 21.9. The number of nitrogens with zero attached hydrogens (tertiary/aromatic N) is 1. The molecular formula is C56H41N. The zero-order chi connectivity index (χ0) is 37.9. The number of anilines is 3. The highest BCUT2D eigenvalue weighted by atomic mass is 15.1. The lowest BCUT2D eigenvalue weighted by molar-refractivity contribution is 0.651. The van der Waals surface area contributed by atoms with Gasteiger partial charge in [-0.1, -0.05) is 178 Å². The second-order valence-corrected chi connectivity index (χ2v) is 16.7. The van der Waals surface area contributed by atoms with Crippen molar-refractivity contribution in [2.45, 2.75) is 37.5 Å². The van der Waals surface area contributed by atoms with E-state index in [1.54, 1.807) is 0 Å². The first-order valence-electron chi connectivity index (χ1n) is 20.4. The van der Waals surface area contributed by atoms with Gasteiger partial charge in [-0.15, -0.1) is 0 Å². The third-order valence-corrected chi connectivity index (χ3v) is 13.6. The van der Waals surface area contributed by atoms with Crippen LogP contribution < -0.4 is 4.90 Å². The number of fused-ring (bicyclic) bond motifs is 7. The molecule has 0 saturated heterocycles. The highest BCUT2D eigenvalue weighted by Crippen LogP contribution is 2.64. The van der Waals surface area contributed by atoms with E-state index in [1.807, 2.05) is 0 Å². The summed E-state index contributed by atoms with van der Waals surface area (Å²) in [5, 5.41) is 2.58. The normalized spacial score (nSPS) is 17.6. The maximum absolute atomic E-state index is 2.55. The molecule has 1 nitrogen and oxygen atoms in total. The summed E-state index contributed by atoms with van der Waals surface area (Å²) < 4.78 is 0. The molecule has 8 aromatic rings. The fourth-order valence-electron chi connectivity index (χ4n) is 11.2. The zero-order valence-electron chi connectivity index (χ0n) is 32.3. The molecule has 0 bridgehead atoms. The molecule has 270 valence electrons. The van der Waals surface area contributed by atoms with E-state index in [1.165, 1.54) is 106 Å². The molecule has 8 aromatic carbocycles.